The van der Waals surface area contributed by atoms with Crippen molar-refractivity contribution in [3.05, 3.63) is 102 Å². The monoisotopic (exact) mass is 313 g/mol. The second-order valence-electron chi connectivity index (χ2n) is 6.26. The van der Waals surface area contributed by atoms with E-state index in [1.165, 1.54) is 48.8 Å². The molecule has 1 aliphatic carbocycles. The third-order valence-electron chi connectivity index (χ3n) is 4.52. The summed E-state index contributed by atoms with van der Waals surface area (Å²) in [6.07, 6.45) is 6.86. The van der Waals surface area contributed by atoms with Crippen LogP contribution in [0.25, 0.3) is 11.1 Å². The van der Waals surface area contributed by atoms with E-state index in [-0.39, 0.29) is 0 Å². The molecule has 0 spiro atoms. The van der Waals surface area contributed by atoms with Crippen LogP contribution in [-0.4, -0.2) is 0 Å². The molecule has 1 aliphatic rings. The molecule has 0 bridgehead atoms. The topological polar surface area (TPSA) is 0 Å². The van der Waals surface area contributed by atoms with E-state index in [0.717, 1.165) is 0 Å². The molecule has 0 heteroatoms. The van der Waals surface area contributed by atoms with E-state index in [1.54, 1.807) is 5.92 Å². The Labute approximate surface area is 146 Å². The van der Waals surface area contributed by atoms with Crippen molar-refractivity contribution in [3.63, 3.8) is 0 Å². The van der Waals surface area contributed by atoms with Crippen LogP contribution in [0.2, 0.25) is 0 Å². The molecule has 1 radical (unpaired) electrons. The van der Waals surface area contributed by atoms with Gasteiger partial charge in [0, 0.05) is 5.92 Å². The smallest absolute Gasteiger partial charge is 0.00498 e. The van der Waals surface area contributed by atoms with Crippen molar-refractivity contribution in [2.45, 2.75) is 32.1 Å². The summed E-state index contributed by atoms with van der Waals surface area (Å²) >= 11 is 0. The number of hydrogen-bond acceptors (Lipinski definition) is 0. The summed E-state index contributed by atoms with van der Waals surface area (Å²) in [6, 6.07) is 31.6. The van der Waals surface area contributed by atoms with Crippen LogP contribution < -0.4 is 0 Å². The minimum Gasteiger partial charge on any atom is -0.0622 e. The van der Waals surface area contributed by atoms with Gasteiger partial charge in [-0.25, -0.2) is 0 Å². The van der Waals surface area contributed by atoms with Gasteiger partial charge in [-0.1, -0.05) is 110 Å². The summed E-state index contributed by atoms with van der Waals surface area (Å²) in [5.74, 6) is 1.67. The molecule has 0 nitrogen and oxygen atoms in total. The molecule has 0 aliphatic heterocycles. The lowest BCUT2D eigenvalue weighted by Crippen LogP contribution is -2.04. The summed E-state index contributed by atoms with van der Waals surface area (Å²) in [7, 11) is 0. The Morgan fingerprint density at radius 3 is 1.17 bits per heavy atom. The minimum absolute atomic E-state index is 1.28. The lowest BCUT2D eigenvalue weighted by molar-refractivity contribution is 0.551. The van der Waals surface area contributed by atoms with Crippen molar-refractivity contribution >= 4 is 0 Å². The second-order valence-corrected chi connectivity index (χ2v) is 6.26. The van der Waals surface area contributed by atoms with Crippen molar-refractivity contribution in [2.75, 3.05) is 0 Å². The Morgan fingerprint density at radius 2 is 0.750 bits per heavy atom. The zero-order chi connectivity index (χ0) is 16.5. The average molecular weight is 313 g/mol. The predicted octanol–water partition coefficient (Wildman–Crippen LogP) is 6.93. The maximum Gasteiger partial charge on any atom is 0.00498 e. The fraction of sp³-hybridized carbons (Fsp3) is 0.208. The van der Waals surface area contributed by atoms with E-state index in [1.807, 2.05) is 12.1 Å². The molecule has 0 unspecified atom stereocenters. The van der Waals surface area contributed by atoms with Gasteiger partial charge < -0.3 is 0 Å². The Bertz CT molecular complexity index is 642. The van der Waals surface area contributed by atoms with E-state index < -0.39 is 0 Å². The molecular formula is C24H25. The summed E-state index contributed by atoms with van der Waals surface area (Å²) < 4.78 is 0. The van der Waals surface area contributed by atoms with Gasteiger partial charge in [0.15, 0.2) is 0 Å². The highest BCUT2D eigenvalue weighted by Crippen LogP contribution is 2.31. The fourth-order valence-electron chi connectivity index (χ4n) is 3.20. The van der Waals surface area contributed by atoms with E-state index in [2.05, 4.69) is 78.9 Å². The highest BCUT2D eigenvalue weighted by atomic mass is 14.2. The van der Waals surface area contributed by atoms with Gasteiger partial charge in [0.2, 0.25) is 0 Å². The highest BCUT2D eigenvalue weighted by Gasteiger charge is 2.14. The SMILES string of the molecule is c1ccc(-c2ccccc2)cc1.c1ccc([C]2CCCCC2)cc1. The van der Waals surface area contributed by atoms with E-state index in [0.29, 0.717) is 0 Å². The Morgan fingerprint density at radius 1 is 0.375 bits per heavy atom. The molecule has 0 N–H and O–H groups in total. The summed E-state index contributed by atoms with van der Waals surface area (Å²) in [4.78, 5) is 0. The first kappa shape index (κ1) is 16.5. The minimum atomic E-state index is 1.28. The fourth-order valence-corrected chi connectivity index (χ4v) is 3.20. The maximum absolute atomic E-state index is 2.24. The van der Waals surface area contributed by atoms with E-state index in [4.69, 9.17) is 0 Å². The van der Waals surface area contributed by atoms with Gasteiger partial charge in [-0.15, -0.1) is 0 Å². The number of rotatable bonds is 2. The van der Waals surface area contributed by atoms with Crippen molar-refractivity contribution < 1.29 is 0 Å². The van der Waals surface area contributed by atoms with Crippen LogP contribution in [0.5, 0.6) is 0 Å². The molecule has 0 aromatic heterocycles. The lowest BCUT2D eigenvalue weighted by Gasteiger charge is -2.20. The predicted molar refractivity (Wildman–Crippen MR) is 104 cm³/mol. The first-order chi connectivity index (χ1) is 11.9. The van der Waals surface area contributed by atoms with Crippen molar-refractivity contribution in [2.24, 2.45) is 0 Å². The van der Waals surface area contributed by atoms with E-state index in [9.17, 15) is 0 Å². The van der Waals surface area contributed by atoms with Crippen molar-refractivity contribution in [3.8, 4) is 11.1 Å². The molecule has 4 rings (SSSR count). The van der Waals surface area contributed by atoms with Gasteiger partial charge in [0.1, 0.15) is 0 Å². The summed E-state index contributed by atoms with van der Waals surface area (Å²) in [5.41, 5.74) is 4.02. The molecule has 121 valence electrons. The zero-order valence-electron chi connectivity index (χ0n) is 14.2. The van der Waals surface area contributed by atoms with Gasteiger partial charge in [-0.05, 0) is 29.5 Å². The molecule has 0 atom stereocenters. The van der Waals surface area contributed by atoms with Crippen LogP contribution in [0.4, 0.5) is 0 Å². The molecule has 24 heavy (non-hydrogen) atoms. The Balaban J connectivity index is 0.000000141. The molecule has 1 fully saturated rings. The highest BCUT2D eigenvalue weighted by molar-refractivity contribution is 5.62. The normalized spacial score (nSPS) is 14.5. The summed E-state index contributed by atoms with van der Waals surface area (Å²) in [6.45, 7) is 0. The maximum atomic E-state index is 2.24. The van der Waals surface area contributed by atoms with Crippen LogP contribution >= 0.6 is 0 Å². The molecule has 0 amide bonds. The Hall–Kier alpha value is -2.34. The number of hydrogen-bond donors (Lipinski definition) is 0. The first-order valence-corrected chi connectivity index (χ1v) is 8.94. The third kappa shape index (κ3) is 4.83. The standard InChI is InChI=1S/C12H15.C12H10/c2*1-3-7-11(8-4-1)12-9-5-2-6-10-12/h1,3-4,7-8H,2,5-6,9-10H2;1-10H. The lowest BCUT2D eigenvalue weighted by atomic mass is 9.84. The first-order valence-electron chi connectivity index (χ1n) is 8.94. The quantitative estimate of drug-likeness (QED) is 0.481. The summed E-state index contributed by atoms with van der Waals surface area (Å²) in [5, 5.41) is 0. The van der Waals surface area contributed by atoms with Crippen LogP contribution in [0.1, 0.15) is 37.7 Å². The molecule has 0 heterocycles. The van der Waals surface area contributed by atoms with Crippen LogP contribution in [0.3, 0.4) is 0 Å². The molecule has 1 saturated carbocycles. The molecule has 0 saturated heterocycles. The molecular weight excluding hydrogens is 288 g/mol. The number of benzene rings is 3. The Kier molecular flexibility index (Phi) is 6.25. The van der Waals surface area contributed by atoms with Crippen molar-refractivity contribution in [1.29, 1.82) is 0 Å². The van der Waals surface area contributed by atoms with Gasteiger partial charge in [-0.3, -0.25) is 0 Å². The van der Waals surface area contributed by atoms with Crippen LogP contribution in [-0.2, 0) is 0 Å². The molecule has 3 aromatic rings. The van der Waals surface area contributed by atoms with E-state index >= 15 is 0 Å². The third-order valence-corrected chi connectivity index (χ3v) is 4.52. The van der Waals surface area contributed by atoms with Crippen LogP contribution in [0, 0.1) is 5.92 Å². The zero-order valence-corrected chi connectivity index (χ0v) is 14.2. The van der Waals surface area contributed by atoms with Gasteiger partial charge in [0.05, 0.1) is 0 Å². The molecule has 3 aromatic carbocycles. The van der Waals surface area contributed by atoms with Gasteiger partial charge >= 0.3 is 0 Å². The average Bonchev–Trinajstić information content (AvgIpc) is 2.71. The van der Waals surface area contributed by atoms with Crippen LogP contribution in [0.15, 0.2) is 91.0 Å². The van der Waals surface area contributed by atoms with Gasteiger partial charge in [-0.2, -0.15) is 0 Å². The second kappa shape index (κ2) is 9.08. The van der Waals surface area contributed by atoms with Gasteiger partial charge in [0.25, 0.3) is 0 Å². The van der Waals surface area contributed by atoms with Crippen molar-refractivity contribution in [1.82, 2.24) is 0 Å². The largest absolute Gasteiger partial charge is 0.0622 e.